The Kier molecular flexibility index (Phi) is 6.51. The molecule has 0 amide bonds. The van der Waals surface area contributed by atoms with Crippen LogP contribution in [0.4, 0.5) is 0 Å². The number of esters is 1. The highest BCUT2D eigenvalue weighted by molar-refractivity contribution is 6.74. The van der Waals surface area contributed by atoms with Crippen LogP contribution in [0, 0.1) is 5.41 Å². The number of hydrogen-bond acceptors (Lipinski definition) is 4. The van der Waals surface area contributed by atoms with Crippen molar-refractivity contribution in [2.75, 3.05) is 0 Å². The van der Waals surface area contributed by atoms with E-state index < -0.39 is 16.6 Å². The van der Waals surface area contributed by atoms with E-state index in [2.05, 4.69) is 74.3 Å². The van der Waals surface area contributed by atoms with Gasteiger partial charge >= 0.3 is 5.97 Å². The lowest BCUT2D eigenvalue weighted by molar-refractivity contribution is -0.143. The lowest BCUT2D eigenvalue weighted by atomic mass is 9.78. The third kappa shape index (κ3) is 5.08. The Morgan fingerprint density at radius 2 is 1.45 bits per heavy atom. The summed E-state index contributed by atoms with van der Waals surface area (Å²) in [5.74, 6) is -0.214. The summed E-state index contributed by atoms with van der Waals surface area (Å²) < 4.78 is 19.3. The van der Waals surface area contributed by atoms with Gasteiger partial charge in [0.2, 0.25) is 0 Å². The quantitative estimate of drug-likeness (QED) is 0.280. The fraction of sp³-hybridized carbons (Fsp3) is 0.870. The first-order chi connectivity index (χ1) is 12.8. The monoisotopic (exact) mass is 440 g/mol. The highest BCUT2D eigenvalue weighted by Crippen LogP contribution is 2.62. The average molecular weight is 441 g/mol. The zero-order valence-electron chi connectivity index (χ0n) is 20.7. The van der Waals surface area contributed by atoms with Crippen LogP contribution in [0.1, 0.15) is 67.7 Å². The van der Waals surface area contributed by atoms with Crippen molar-refractivity contribution in [3.05, 3.63) is 12.2 Å². The molecule has 0 N–H and O–H groups in total. The second-order valence-electron chi connectivity index (χ2n) is 12.3. The minimum absolute atomic E-state index is 0.0278. The van der Waals surface area contributed by atoms with Crippen molar-refractivity contribution in [3.8, 4) is 0 Å². The van der Waals surface area contributed by atoms with Crippen LogP contribution in [0.3, 0.4) is 0 Å². The molecule has 2 aliphatic rings. The third-order valence-corrected chi connectivity index (χ3v) is 16.9. The summed E-state index contributed by atoms with van der Waals surface area (Å²) in [6.07, 6.45) is 2.60. The van der Waals surface area contributed by atoms with E-state index in [1.165, 1.54) is 6.92 Å². The number of ether oxygens (including phenoxy) is 1. The molecule has 2 rings (SSSR count). The fourth-order valence-electron chi connectivity index (χ4n) is 3.84. The summed E-state index contributed by atoms with van der Waals surface area (Å²) in [4.78, 5) is 11.6. The van der Waals surface area contributed by atoms with Gasteiger partial charge in [-0.15, -0.1) is 0 Å². The molecule has 0 aromatic heterocycles. The predicted molar refractivity (Wildman–Crippen MR) is 125 cm³/mol. The summed E-state index contributed by atoms with van der Waals surface area (Å²) in [7, 11) is -3.87. The van der Waals surface area contributed by atoms with Crippen LogP contribution in [0.5, 0.6) is 0 Å². The Bertz CT molecular complexity index is 657. The van der Waals surface area contributed by atoms with Gasteiger partial charge in [-0.1, -0.05) is 48.1 Å². The van der Waals surface area contributed by atoms with E-state index >= 15 is 0 Å². The summed E-state index contributed by atoms with van der Waals surface area (Å²) in [6, 6.07) is 0. The SMILES string of the molecule is C=C1C(O[Si](C)(C)C(C)(C)C)CC(O[Si](C)(C)C(C)(C)C)CC12CC2OC(C)=O. The molecular weight excluding hydrogens is 396 g/mol. The van der Waals surface area contributed by atoms with Crippen molar-refractivity contribution < 1.29 is 18.4 Å². The molecular formula is C23H44O4Si2. The highest BCUT2D eigenvalue weighted by Gasteiger charge is 2.64. The van der Waals surface area contributed by atoms with Gasteiger partial charge in [-0.05, 0) is 54.7 Å². The maximum atomic E-state index is 11.6. The van der Waals surface area contributed by atoms with E-state index in [0.717, 1.165) is 24.8 Å². The molecule has 0 radical (unpaired) electrons. The Hall–Kier alpha value is -0.436. The van der Waals surface area contributed by atoms with Gasteiger partial charge in [-0.2, -0.15) is 0 Å². The standard InChI is InChI=1S/C23H44O4Si2/c1-16-19(27-29(11,12)22(6,7)8)13-18(26-28(9,10)21(3,4)5)14-23(16)15-20(23)25-17(2)24/h18-20H,1,13-15H2,2-12H3. The Balaban J connectivity index is 2.29. The van der Waals surface area contributed by atoms with E-state index in [1.54, 1.807) is 0 Å². The van der Waals surface area contributed by atoms with Crippen LogP contribution < -0.4 is 0 Å². The molecule has 4 nitrogen and oxygen atoms in total. The van der Waals surface area contributed by atoms with Crippen LogP contribution in [-0.4, -0.2) is 40.9 Å². The minimum Gasteiger partial charge on any atom is -0.462 e. The first-order valence-electron chi connectivity index (χ1n) is 11.0. The predicted octanol–water partition coefficient (Wildman–Crippen LogP) is 6.44. The van der Waals surface area contributed by atoms with Crippen molar-refractivity contribution in [2.24, 2.45) is 5.41 Å². The zero-order valence-corrected chi connectivity index (χ0v) is 22.7. The number of carbonyl (C=O) groups is 1. The van der Waals surface area contributed by atoms with Crippen LogP contribution >= 0.6 is 0 Å². The van der Waals surface area contributed by atoms with Crippen LogP contribution in [-0.2, 0) is 18.4 Å². The molecule has 2 saturated carbocycles. The molecule has 4 atom stereocenters. The van der Waals surface area contributed by atoms with Gasteiger partial charge < -0.3 is 13.6 Å². The van der Waals surface area contributed by atoms with Crippen molar-refractivity contribution >= 4 is 22.6 Å². The van der Waals surface area contributed by atoms with Crippen LogP contribution in [0.25, 0.3) is 0 Å². The van der Waals surface area contributed by atoms with Gasteiger partial charge in [0.25, 0.3) is 0 Å². The minimum atomic E-state index is -1.96. The summed E-state index contributed by atoms with van der Waals surface area (Å²) >= 11 is 0. The smallest absolute Gasteiger partial charge is 0.302 e. The van der Waals surface area contributed by atoms with Crippen molar-refractivity contribution in [1.29, 1.82) is 0 Å². The molecule has 4 unspecified atom stereocenters. The number of carbonyl (C=O) groups excluding carboxylic acids is 1. The first-order valence-corrected chi connectivity index (χ1v) is 16.9. The molecule has 168 valence electrons. The van der Waals surface area contributed by atoms with E-state index in [-0.39, 0.29) is 39.8 Å². The average Bonchev–Trinajstić information content (AvgIpc) is 3.13. The molecule has 2 fully saturated rings. The van der Waals surface area contributed by atoms with Gasteiger partial charge in [0.1, 0.15) is 6.10 Å². The number of hydrogen-bond donors (Lipinski definition) is 0. The van der Waals surface area contributed by atoms with E-state index in [4.69, 9.17) is 13.6 Å². The van der Waals surface area contributed by atoms with Gasteiger partial charge in [0.15, 0.2) is 16.6 Å². The van der Waals surface area contributed by atoms with Gasteiger partial charge in [0, 0.05) is 24.9 Å². The van der Waals surface area contributed by atoms with Crippen molar-refractivity contribution in [1.82, 2.24) is 0 Å². The Morgan fingerprint density at radius 1 is 0.966 bits per heavy atom. The van der Waals surface area contributed by atoms with Gasteiger partial charge in [-0.25, -0.2) is 0 Å². The molecule has 0 aromatic carbocycles. The van der Waals surface area contributed by atoms with Gasteiger partial charge in [0.05, 0.1) is 6.10 Å². The fourth-order valence-corrected chi connectivity index (χ4v) is 6.51. The summed E-state index contributed by atoms with van der Waals surface area (Å²) in [5.41, 5.74) is 0.938. The molecule has 6 heteroatoms. The molecule has 0 bridgehead atoms. The molecule has 29 heavy (non-hydrogen) atoms. The third-order valence-electron chi connectivity index (χ3n) is 7.92. The van der Waals surface area contributed by atoms with E-state index in [0.29, 0.717) is 0 Å². The van der Waals surface area contributed by atoms with E-state index in [1.807, 2.05) is 0 Å². The molecule has 0 heterocycles. The van der Waals surface area contributed by atoms with Crippen molar-refractivity contribution in [2.45, 2.75) is 122 Å². The topological polar surface area (TPSA) is 44.8 Å². The molecule has 0 saturated heterocycles. The van der Waals surface area contributed by atoms with Gasteiger partial charge in [-0.3, -0.25) is 4.79 Å². The maximum Gasteiger partial charge on any atom is 0.302 e. The highest BCUT2D eigenvalue weighted by atomic mass is 28.4. The molecule has 0 aromatic rings. The molecule has 0 aliphatic heterocycles. The molecule has 2 aliphatic carbocycles. The largest absolute Gasteiger partial charge is 0.462 e. The van der Waals surface area contributed by atoms with Crippen LogP contribution in [0.2, 0.25) is 36.3 Å². The van der Waals surface area contributed by atoms with E-state index in [9.17, 15) is 4.79 Å². The zero-order chi connectivity index (χ0) is 22.6. The Labute approximate surface area is 181 Å². The Morgan fingerprint density at radius 3 is 1.90 bits per heavy atom. The van der Waals surface area contributed by atoms with Crippen molar-refractivity contribution in [3.63, 3.8) is 0 Å². The first kappa shape index (κ1) is 24.8. The second kappa shape index (κ2) is 7.61. The number of rotatable bonds is 5. The second-order valence-corrected chi connectivity index (χ2v) is 21.8. The molecule has 1 spiro atoms. The lowest BCUT2D eigenvalue weighted by Crippen LogP contribution is -2.51. The normalized spacial score (nSPS) is 31.1. The maximum absolute atomic E-state index is 11.6. The summed E-state index contributed by atoms with van der Waals surface area (Å²) in [5, 5.41) is 0.287. The lowest BCUT2D eigenvalue weighted by Gasteiger charge is -2.47. The summed E-state index contributed by atoms with van der Waals surface area (Å²) in [6.45, 7) is 28.8. The van der Waals surface area contributed by atoms with Crippen LogP contribution in [0.15, 0.2) is 12.2 Å².